The van der Waals surface area contributed by atoms with Gasteiger partial charge in [0.05, 0.1) is 36.8 Å². The van der Waals surface area contributed by atoms with E-state index in [0.29, 0.717) is 24.6 Å². The molecule has 3 aromatic rings. The highest BCUT2D eigenvalue weighted by Crippen LogP contribution is 2.27. The maximum Gasteiger partial charge on any atom is 0.225 e. The SMILES string of the molecule is Fc1cnc(N2CCN3COC[C@@H](CCCc4cccc5nccnc45)C[C@H]3C2)nc1. The van der Waals surface area contributed by atoms with Gasteiger partial charge in [-0.1, -0.05) is 12.1 Å². The van der Waals surface area contributed by atoms with Gasteiger partial charge >= 0.3 is 0 Å². The van der Waals surface area contributed by atoms with Gasteiger partial charge in [-0.3, -0.25) is 14.9 Å². The minimum Gasteiger partial charge on any atom is -0.366 e. The first kappa shape index (κ1) is 20.2. The maximum atomic E-state index is 13.2. The van der Waals surface area contributed by atoms with Crippen molar-refractivity contribution < 1.29 is 9.13 Å². The fourth-order valence-electron chi connectivity index (χ4n) is 4.76. The highest BCUT2D eigenvalue weighted by Gasteiger charge is 2.32. The summed E-state index contributed by atoms with van der Waals surface area (Å²) in [6, 6.07) is 6.63. The van der Waals surface area contributed by atoms with Gasteiger partial charge in [-0.25, -0.2) is 14.4 Å². The minimum atomic E-state index is -0.400. The number of benzene rings is 1. The molecule has 0 amide bonds. The van der Waals surface area contributed by atoms with Crippen LogP contribution in [-0.4, -0.2) is 63.8 Å². The minimum absolute atomic E-state index is 0.400. The third-order valence-electron chi connectivity index (χ3n) is 6.35. The van der Waals surface area contributed by atoms with Gasteiger partial charge in [-0.05, 0) is 43.2 Å². The number of aryl methyl sites for hydroxylation is 1. The molecule has 2 fully saturated rings. The van der Waals surface area contributed by atoms with Crippen molar-refractivity contribution in [3.05, 3.63) is 54.4 Å². The number of rotatable bonds is 5. The van der Waals surface area contributed by atoms with Crippen molar-refractivity contribution in [1.82, 2.24) is 24.8 Å². The van der Waals surface area contributed by atoms with Gasteiger partial charge < -0.3 is 9.64 Å². The van der Waals surface area contributed by atoms with E-state index >= 15 is 0 Å². The molecule has 2 atom stereocenters. The number of fused-ring (bicyclic) bond motifs is 2. The van der Waals surface area contributed by atoms with Crippen LogP contribution in [0.25, 0.3) is 11.0 Å². The average Bonchev–Trinajstić information content (AvgIpc) is 3.01. The van der Waals surface area contributed by atoms with Crippen LogP contribution in [0.15, 0.2) is 43.0 Å². The number of hydrogen-bond donors (Lipinski definition) is 0. The van der Waals surface area contributed by atoms with Crippen molar-refractivity contribution >= 4 is 17.0 Å². The molecular weight excluding hydrogens is 395 g/mol. The topological polar surface area (TPSA) is 67.3 Å². The Morgan fingerprint density at radius 2 is 1.94 bits per heavy atom. The largest absolute Gasteiger partial charge is 0.366 e. The Labute approximate surface area is 181 Å². The molecule has 2 aliphatic heterocycles. The van der Waals surface area contributed by atoms with Crippen molar-refractivity contribution in [2.24, 2.45) is 5.92 Å². The zero-order valence-corrected chi connectivity index (χ0v) is 17.5. The van der Waals surface area contributed by atoms with Crippen LogP contribution in [0.4, 0.5) is 10.3 Å². The Hall–Kier alpha value is -2.71. The van der Waals surface area contributed by atoms with Gasteiger partial charge in [0.15, 0.2) is 5.82 Å². The molecule has 0 saturated carbocycles. The molecule has 0 unspecified atom stereocenters. The third-order valence-corrected chi connectivity index (χ3v) is 6.35. The normalized spacial score (nSPS) is 22.3. The molecule has 4 heterocycles. The summed E-state index contributed by atoms with van der Waals surface area (Å²) in [5, 5.41) is 0. The Morgan fingerprint density at radius 1 is 1.06 bits per heavy atom. The van der Waals surface area contributed by atoms with Gasteiger partial charge in [0.1, 0.15) is 0 Å². The molecule has 2 saturated heterocycles. The standard InChI is InChI=1S/C23H27FN6O/c24-19-12-27-23(28-13-19)29-9-10-30-16-31-15-17(11-20(30)14-29)3-1-4-18-5-2-6-21-22(18)26-8-7-25-21/h2,5-8,12-13,17,20H,1,3-4,9-11,14-16H2/t17-,20-/m0/s1. The predicted molar refractivity (Wildman–Crippen MR) is 116 cm³/mol. The smallest absolute Gasteiger partial charge is 0.225 e. The lowest BCUT2D eigenvalue weighted by molar-refractivity contribution is 0.0196. The van der Waals surface area contributed by atoms with Crippen LogP contribution in [0.2, 0.25) is 0 Å². The summed E-state index contributed by atoms with van der Waals surface area (Å²) in [5.74, 6) is 0.729. The Bertz CT molecular complexity index is 1010. The number of aromatic nitrogens is 4. The highest BCUT2D eigenvalue weighted by atomic mass is 19.1. The first-order chi connectivity index (χ1) is 15.3. The molecule has 162 valence electrons. The number of nitrogens with zero attached hydrogens (tertiary/aromatic N) is 6. The fraction of sp³-hybridized carbons (Fsp3) is 0.478. The van der Waals surface area contributed by atoms with Gasteiger partial charge in [0.25, 0.3) is 0 Å². The van der Waals surface area contributed by atoms with Crippen LogP contribution in [0.1, 0.15) is 24.8 Å². The lowest BCUT2D eigenvalue weighted by atomic mass is 9.92. The van der Waals surface area contributed by atoms with Gasteiger partial charge in [-0.2, -0.15) is 0 Å². The summed E-state index contributed by atoms with van der Waals surface area (Å²) >= 11 is 0. The molecule has 0 spiro atoms. The van der Waals surface area contributed by atoms with Crippen LogP contribution in [0.3, 0.4) is 0 Å². The lowest BCUT2D eigenvalue weighted by Gasteiger charge is -2.40. The zero-order chi connectivity index (χ0) is 21.0. The molecule has 0 N–H and O–H groups in total. The van der Waals surface area contributed by atoms with E-state index in [1.165, 1.54) is 18.0 Å². The van der Waals surface area contributed by atoms with Crippen molar-refractivity contribution in [2.45, 2.75) is 31.7 Å². The van der Waals surface area contributed by atoms with E-state index in [-0.39, 0.29) is 0 Å². The van der Waals surface area contributed by atoms with E-state index in [9.17, 15) is 4.39 Å². The second-order valence-electron chi connectivity index (χ2n) is 8.45. The molecular formula is C23H27FN6O. The number of piperazine rings is 1. The van der Waals surface area contributed by atoms with E-state index in [4.69, 9.17) is 4.74 Å². The summed E-state index contributed by atoms with van der Waals surface area (Å²) < 4.78 is 19.2. The second kappa shape index (κ2) is 9.20. The molecule has 2 aromatic heterocycles. The maximum absolute atomic E-state index is 13.2. The molecule has 0 radical (unpaired) electrons. The van der Waals surface area contributed by atoms with E-state index in [1.54, 1.807) is 12.4 Å². The van der Waals surface area contributed by atoms with Gasteiger partial charge in [0.2, 0.25) is 5.95 Å². The summed E-state index contributed by atoms with van der Waals surface area (Å²) in [4.78, 5) is 21.9. The number of para-hydroxylation sites is 1. The highest BCUT2D eigenvalue weighted by molar-refractivity contribution is 5.77. The van der Waals surface area contributed by atoms with E-state index in [2.05, 4.69) is 41.9 Å². The van der Waals surface area contributed by atoms with Crippen LogP contribution in [-0.2, 0) is 11.2 Å². The van der Waals surface area contributed by atoms with Gasteiger partial charge in [-0.15, -0.1) is 0 Å². The number of hydrogen-bond acceptors (Lipinski definition) is 7. The number of ether oxygens (including phenoxy) is 1. The molecule has 1 aromatic carbocycles. The third kappa shape index (κ3) is 4.65. The monoisotopic (exact) mass is 422 g/mol. The zero-order valence-electron chi connectivity index (χ0n) is 17.5. The van der Waals surface area contributed by atoms with Gasteiger partial charge in [0, 0.05) is 38.1 Å². The molecule has 0 bridgehead atoms. The van der Waals surface area contributed by atoms with E-state index < -0.39 is 5.82 Å². The van der Waals surface area contributed by atoms with Crippen LogP contribution < -0.4 is 4.90 Å². The lowest BCUT2D eigenvalue weighted by Crippen LogP contribution is -2.53. The van der Waals surface area contributed by atoms with E-state index in [0.717, 1.165) is 63.0 Å². The summed E-state index contributed by atoms with van der Waals surface area (Å²) in [6.45, 7) is 4.07. The molecule has 2 aliphatic rings. The number of halogens is 1. The van der Waals surface area contributed by atoms with Crippen LogP contribution in [0.5, 0.6) is 0 Å². The Balaban J connectivity index is 1.19. The molecule has 31 heavy (non-hydrogen) atoms. The second-order valence-corrected chi connectivity index (χ2v) is 8.45. The quantitative estimate of drug-likeness (QED) is 0.626. The fourth-order valence-corrected chi connectivity index (χ4v) is 4.76. The summed E-state index contributed by atoms with van der Waals surface area (Å²) in [7, 11) is 0. The van der Waals surface area contributed by atoms with E-state index in [1.807, 2.05) is 6.07 Å². The van der Waals surface area contributed by atoms with Crippen molar-refractivity contribution in [3.8, 4) is 0 Å². The Kier molecular flexibility index (Phi) is 5.99. The molecule has 7 nitrogen and oxygen atoms in total. The van der Waals surface area contributed by atoms with Crippen molar-refractivity contribution in [3.63, 3.8) is 0 Å². The number of anilines is 1. The summed E-state index contributed by atoms with van der Waals surface area (Å²) in [6.07, 6.45) is 10.3. The first-order valence-electron chi connectivity index (χ1n) is 11.0. The van der Waals surface area contributed by atoms with Crippen molar-refractivity contribution in [2.75, 3.05) is 37.9 Å². The average molecular weight is 423 g/mol. The molecule has 8 heteroatoms. The molecule has 0 aliphatic carbocycles. The summed E-state index contributed by atoms with van der Waals surface area (Å²) in [5.41, 5.74) is 3.23. The predicted octanol–water partition coefficient (Wildman–Crippen LogP) is 3.07. The van der Waals surface area contributed by atoms with Crippen molar-refractivity contribution in [1.29, 1.82) is 0 Å². The van der Waals surface area contributed by atoms with Crippen LogP contribution in [0, 0.1) is 11.7 Å². The molecule has 5 rings (SSSR count). The Morgan fingerprint density at radius 3 is 2.84 bits per heavy atom. The van der Waals surface area contributed by atoms with Crippen LogP contribution >= 0.6 is 0 Å². The first-order valence-corrected chi connectivity index (χ1v) is 11.0.